The zero-order valence-electron chi connectivity index (χ0n) is 20.6. The zero-order valence-corrected chi connectivity index (χ0v) is 20.6. The summed E-state index contributed by atoms with van der Waals surface area (Å²) in [6, 6.07) is 0. The molecule has 4 N–H and O–H groups in total. The smallest absolute Gasteiger partial charge is 0.0764 e. The molecule has 5 aliphatic heterocycles. The highest BCUT2D eigenvalue weighted by Gasteiger charge is 2.40. The molecule has 5 heterocycles. The lowest BCUT2D eigenvalue weighted by molar-refractivity contribution is 0.519. The normalized spacial score (nSPS) is 48.8. The van der Waals surface area contributed by atoms with Crippen molar-refractivity contribution in [2.45, 2.75) is 77.5 Å². The molecule has 32 heavy (non-hydrogen) atoms. The standard InChI is InChI=1S/C28H36N4/c1-17-21-9-14-26(6,29-21)19(3)23-11-16-28(8,31-23)20(4)24-12-15-27(7,32-24)18(2)22-10-13-25(17,5)30-22/h9-16,29-32H,1-8H3/b21-17-,22-18-,23-19-,24-20-. The SMILES string of the molecule is C/C1=C2\C=CC(C)(N2)/C(C)=C2/C=CC(C)(N2)/C(C)=C2/C=CC(C)(N2)/C(C)=C2/C=CC1(C)N2. The van der Waals surface area contributed by atoms with E-state index >= 15 is 0 Å². The largest absolute Gasteiger partial charge is 0.373 e. The van der Waals surface area contributed by atoms with E-state index in [0.29, 0.717) is 0 Å². The lowest BCUT2D eigenvalue weighted by Crippen LogP contribution is -2.45. The molecular weight excluding hydrogens is 392 g/mol. The number of hydrogen-bond donors (Lipinski definition) is 4. The summed E-state index contributed by atoms with van der Waals surface area (Å²) in [5, 5.41) is 15.3. The van der Waals surface area contributed by atoms with Gasteiger partial charge >= 0.3 is 0 Å². The maximum atomic E-state index is 3.82. The van der Waals surface area contributed by atoms with Gasteiger partial charge in [-0.15, -0.1) is 0 Å². The molecule has 0 amide bonds. The molecular formula is C28H36N4. The van der Waals surface area contributed by atoms with Crippen molar-refractivity contribution in [2.24, 2.45) is 0 Å². The van der Waals surface area contributed by atoms with Gasteiger partial charge in [0.05, 0.1) is 22.2 Å². The Morgan fingerprint density at radius 2 is 0.594 bits per heavy atom. The molecule has 4 atom stereocenters. The minimum Gasteiger partial charge on any atom is -0.373 e. The second-order valence-electron chi connectivity index (χ2n) is 10.8. The van der Waals surface area contributed by atoms with Crippen LogP contribution >= 0.6 is 0 Å². The van der Waals surface area contributed by atoms with E-state index in [1.165, 1.54) is 45.1 Å². The zero-order chi connectivity index (χ0) is 23.1. The lowest BCUT2D eigenvalue weighted by Gasteiger charge is -2.34. The van der Waals surface area contributed by atoms with Gasteiger partial charge in [0.15, 0.2) is 0 Å². The van der Waals surface area contributed by atoms with Crippen LogP contribution in [0.2, 0.25) is 0 Å². The Hall–Kier alpha value is -2.88. The Labute approximate surface area is 192 Å². The molecule has 0 spiro atoms. The fourth-order valence-corrected chi connectivity index (χ4v) is 5.32. The summed E-state index contributed by atoms with van der Waals surface area (Å²) in [6.07, 6.45) is 18.1. The highest BCUT2D eigenvalue weighted by molar-refractivity contribution is 5.55. The summed E-state index contributed by atoms with van der Waals surface area (Å²) in [6.45, 7) is 17.9. The van der Waals surface area contributed by atoms with Crippen molar-refractivity contribution in [3.05, 3.63) is 93.7 Å². The predicted octanol–water partition coefficient (Wildman–Crippen LogP) is 4.77. The number of fused-ring (bicyclic) bond motifs is 8. The average molecular weight is 429 g/mol. The van der Waals surface area contributed by atoms with Crippen LogP contribution in [-0.2, 0) is 0 Å². The van der Waals surface area contributed by atoms with E-state index in [2.05, 4.69) is 125 Å². The van der Waals surface area contributed by atoms with Crippen molar-refractivity contribution < 1.29 is 0 Å². The number of nitrogens with one attached hydrogen (secondary N) is 4. The second kappa shape index (κ2) is 6.34. The van der Waals surface area contributed by atoms with Gasteiger partial charge in [0.1, 0.15) is 0 Å². The van der Waals surface area contributed by atoms with Gasteiger partial charge in [0.2, 0.25) is 0 Å². The molecule has 0 aliphatic carbocycles. The van der Waals surface area contributed by atoms with E-state index in [1.807, 2.05) is 0 Å². The molecule has 4 nitrogen and oxygen atoms in total. The molecule has 5 aliphatic rings. The molecule has 0 saturated heterocycles. The summed E-state index contributed by atoms with van der Waals surface area (Å²) in [5.41, 5.74) is 8.97. The second-order valence-corrected chi connectivity index (χ2v) is 10.8. The third-order valence-corrected chi connectivity index (χ3v) is 8.64. The van der Waals surface area contributed by atoms with Gasteiger partial charge < -0.3 is 21.3 Å². The molecule has 0 aromatic heterocycles. The summed E-state index contributed by atoms with van der Waals surface area (Å²) < 4.78 is 0. The van der Waals surface area contributed by atoms with Crippen molar-refractivity contribution in [3.63, 3.8) is 0 Å². The lowest BCUT2D eigenvalue weighted by atomic mass is 9.91. The van der Waals surface area contributed by atoms with Gasteiger partial charge in [-0.25, -0.2) is 0 Å². The van der Waals surface area contributed by atoms with E-state index in [9.17, 15) is 0 Å². The van der Waals surface area contributed by atoms with Crippen LogP contribution in [0.5, 0.6) is 0 Å². The van der Waals surface area contributed by atoms with E-state index in [-0.39, 0.29) is 22.2 Å². The monoisotopic (exact) mass is 428 g/mol. The minimum atomic E-state index is -0.232. The van der Waals surface area contributed by atoms with Crippen LogP contribution < -0.4 is 21.3 Å². The van der Waals surface area contributed by atoms with Crippen molar-refractivity contribution in [1.29, 1.82) is 0 Å². The Kier molecular flexibility index (Phi) is 4.16. The van der Waals surface area contributed by atoms with Crippen molar-refractivity contribution in [3.8, 4) is 0 Å². The summed E-state index contributed by atoms with van der Waals surface area (Å²) in [7, 11) is 0. The predicted molar refractivity (Wildman–Crippen MR) is 134 cm³/mol. The number of hydrogen-bond acceptors (Lipinski definition) is 4. The van der Waals surface area contributed by atoms with Gasteiger partial charge in [0.25, 0.3) is 0 Å². The van der Waals surface area contributed by atoms with E-state index < -0.39 is 0 Å². The van der Waals surface area contributed by atoms with E-state index in [1.54, 1.807) is 0 Å². The molecule has 0 radical (unpaired) electrons. The first-order valence-electron chi connectivity index (χ1n) is 11.6. The third-order valence-electron chi connectivity index (χ3n) is 8.64. The Morgan fingerprint density at radius 3 is 0.781 bits per heavy atom. The fraction of sp³-hybridized carbons (Fsp3) is 0.429. The van der Waals surface area contributed by atoms with Crippen molar-refractivity contribution in [1.82, 2.24) is 21.3 Å². The Bertz CT molecular complexity index is 986. The van der Waals surface area contributed by atoms with Crippen LogP contribution in [0, 0.1) is 0 Å². The first-order valence-corrected chi connectivity index (χ1v) is 11.6. The average Bonchev–Trinajstić information content (AvgIpc) is 3.53. The van der Waals surface area contributed by atoms with E-state index in [4.69, 9.17) is 0 Å². The molecule has 0 fully saturated rings. The van der Waals surface area contributed by atoms with Crippen LogP contribution in [0.1, 0.15) is 55.4 Å². The molecule has 4 heteroatoms. The summed E-state index contributed by atoms with van der Waals surface area (Å²) in [4.78, 5) is 0. The van der Waals surface area contributed by atoms with Gasteiger partial charge in [-0.05, 0) is 102 Å². The van der Waals surface area contributed by atoms with Crippen LogP contribution in [0.15, 0.2) is 93.7 Å². The van der Waals surface area contributed by atoms with Crippen LogP contribution in [0.25, 0.3) is 0 Å². The van der Waals surface area contributed by atoms with Crippen LogP contribution in [-0.4, -0.2) is 22.2 Å². The van der Waals surface area contributed by atoms with Gasteiger partial charge in [-0.3, -0.25) is 0 Å². The third kappa shape index (κ3) is 2.81. The number of allylic oxidation sites excluding steroid dienone is 4. The van der Waals surface area contributed by atoms with Gasteiger partial charge in [0, 0.05) is 22.8 Å². The number of rotatable bonds is 0. The highest BCUT2D eigenvalue weighted by atomic mass is 15.1. The van der Waals surface area contributed by atoms with Crippen LogP contribution in [0.3, 0.4) is 0 Å². The first kappa shape index (κ1) is 21.0. The molecule has 0 aromatic carbocycles. The molecule has 4 unspecified atom stereocenters. The molecule has 0 aromatic rings. The maximum absolute atomic E-state index is 3.82. The molecule has 0 saturated carbocycles. The minimum absolute atomic E-state index is 0.232. The molecule has 5 rings (SSSR count). The Morgan fingerprint density at radius 1 is 0.406 bits per heavy atom. The maximum Gasteiger partial charge on any atom is 0.0764 e. The van der Waals surface area contributed by atoms with Crippen molar-refractivity contribution in [2.75, 3.05) is 0 Å². The fourth-order valence-electron chi connectivity index (χ4n) is 5.32. The summed E-state index contributed by atoms with van der Waals surface area (Å²) >= 11 is 0. The summed E-state index contributed by atoms with van der Waals surface area (Å²) in [5.74, 6) is 0. The molecule has 8 bridgehead atoms. The van der Waals surface area contributed by atoms with E-state index in [0.717, 1.165) is 0 Å². The Balaban J connectivity index is 1.70. The van der Waals surface area contributed by atoms with Crippen molar-refractivity contribution >= 4 is 0 Å². The van der Waals surface area contributed by atoms with Crippen LogP contribution in [0.4, 0.5) is 0 Å². The van der Waals surface area contributed by atoms with Gasteiger partial charge in [-0.1, -0.05) is 24.3 Å². The highest BCUT2D eigenvalue weighted by Crippen LogP contribution is 2.39. The molecule has 168 valence electrons. The van der Waals surface area contributed by atoms with Gasteiger partial charge in [-0.2, -0.15) is 0 Å². The quantitative estimate of drug-likeness (QED) is 0.449. The first-order chi connectivity index (χ1) is 14.9. The topological polar surface area (TPSA) is 48.1 Å².